The molecule has 0 fully saturated rings. The number of para-hydroxylation sites is 2. The van der Waals surface area contributed by atoms with Crippen LogP contribution in [0, 0.1) is 0 Å². The van der Waals surface area contributed by atoms with E-state index in [0.29, 0.717) is 18.2 Å². The second-order valence-corrected chi connectivity index (χ2v) is 4.93. The van der Waals surface area contributed by atoms with Gasteiger partial charge in [0.25, 0.3) is 0 Å². The third-order valence-electron chi connectivity index (χ3n) is 3.45. The first-order valence-electron chi connectivity index (χ1n) is 7.09. The minimum atomic E-state index is 0.469. The molecule has 0 saturated carbocycles. The highest BCUT2D eigenvalue weighted by molar-refractivity contribution is 5.92. The Morgan fingerprint density at radius 3 is 2.77 bits per heavy atom. The van der Waals surface area contributed by atoms with Gasteiger partial charge in [-0.15, -0.1) is 0 Å². The van der Waals surface area contributed by atoms with E-state index >= 15 is 0 Å². The van der Waals surface area contributed by atoms with Crippen LogP contribution in [0.25, 0.3) is 17.0 Å². The molecule has 2 bridgehead atoms. The molecule has 0 aliphatic carbocycles. The Morgan fingerprint density at radius 2 is 1.77 bits per heavy atom. The van der Waals surface area contributed by atoms with Crippen molar-refractivity contribution in [2.24, 2.45) is 4.99 Å². The number of aromatic nitrogens is 2. The lowest BCUT2D eigenvalue weighted by Crippen LogP contribution is -1.96. The predicted octanol–water partition coefficient (Wildman–Crippen LogP) is 3.79. The third-order valence-corrected chi connectivity index (χ3v) is 3.45. The first-order valence-corrected chi connectivity index (χ1v) is 7.09. The van der Waals surface area contributed by atoms with E-state index in [0.717, 1.165) is 22.2 Å². The van der Waals surface area contributed by atoms with Crippen LogP contribution in [0.5, 0.6) is 5.75 Å². The van der Waals surface area contributed by atoms with Crippen LogP contribution in [0.15, 0.2) is 59.6 Å². The summed E-state index contributed by atoms with van der Waals surface area (Å²) in [6, 6.07) is 15.7. The predicted molar refractivity (Wildman–Crippen MR) is 87.8 cm³/mol. The summed E-state index contributed by atoms with van der Waals surface area (Å²) in [5, 5.41) is 0.938. The summed E-state index contributed by atoms with van der Waals surface area (Å²) < 4.78 is 5.76. The minimum absolute atomic E-state index is 0.469. The van der Waals surface area contributed by atoms with Gasteiger partial charge in [0.15, 0.2) is 11.6 Å². The smallest absolute Gasteiger partial charge is 0.163 e. The van der Waals surface area contributed by atoms with Crippen molar-refractivity contribution in [3.05, 3.63) is 66.0 Å². The van der Waals surface area contributed by atoms with Crippen LogP contribution >= 0.6 is 0 Å². The van der Waals surface area contributed by atoms with Gasteiger partial charge >= 0.3 is 0 Å². The number of nitrogens with zero attached hydrogens (tertiary/aromatic N) is 3. The van der Waals surface area contributed by atoms with Gasteiger partial charge in [-0.3, -0.25) is 0 Å². The molecule has 0 atom stereocenters. The maximum atomic E-state index is 5.76. The number of benzene rings is 2. The van der Waals surface area contributed by atoms with Crippen LogP contribution in [0.2, 0.25) is 0 Å². The molecule has 2 aromatic carbocycles. The SMILES string of the molecule is C1=Cc2nc(c3ccccc3n2)N=Cc2ccccc2OC1. The van der Waals surface area contributed by atoms with Gasteiger partial charge in [0.05, 0.1) is 5.52 Å². The van der Waals surface area contributed by atoms with E-state index in [9.17, 15) is 0 Å². The topological polar surface area (TPSA) is 47.4 Å². The van der Waals surface area contributed by atoms with Crippen molar-refractivity contribution in [3.63, 3.8) is 0 Å². The molecule has 0 amide bonds. The number of aliphatic imine (C=N–C) groups is 1. The lowest BCUT2D eigenvalue weighted by atomic mass is 10.2. The van der Waals surface area contributed by atoms with Crippen LogP contribution in [0.4, 0.5) is 5.82 Å². The Morgan fingerprint density at radius 1 is 0.909 bits per heavy atom. The largest absolute Gasteiger partial charge is 0.489 e. The fourth-order valence-corrected chi connectivity index (χ4v) is 2.39. The molecule has 1 aliphatic rings. The van der Waals surface area contributed by atoms with Crippen LogP contribution < -0.4 is 4.74 Å². The van der Waals surface area contributed by atoms with Crippen LogP contribution in [0.1, 0.15) is 11.4 Å². The van der Waals surface area contributed by atoms with Gasteiger partial charge in [0.1, 0.15) is 12.4 Å². The number of ether oxygens (including phenoxy) is 1. The van der Waals surface area contributed by atoms with E-state index in [1.54, 1.807) is 6.21 Å². The van der Waals surface area contributed by atoms with Crippen molar-refractivity contribution in [1.29, 1.82) is 0 Å². The lowest BCUT2D eigenvalue weighted by molar-refractivity contribution is 0.363. The van der Waals surface area contributed by atoms with E-state index in [4.69, 9.17) is 4.74 Å². The Bertz CT molecular complexity index is 900. The van der Waals surface area contributed by atoms with Gasteiger partial charge in [-0.25, -0.2) is 15.0 Å². The summed E-state index contributed by atoms with van der Waals surface area (Å²) in [6.45, 7) is 0.469. The molecule has 0 spiro atoms. The Hall–Kier alpha value is -3.01. The molecule has 0 radical (unpaired) electrons. The minimum Gasteiger partial charge on any atom is -0.489 e. The van der Waals surface area contributed by atoms with Crippen LogP contribution in [-0.2, 0) is 0 Å². The molecule has 0 unspecified atom stereocenters. The molecular formula is C18H13N3O. The highest BCUT2D eigenvalue weighted by atomic mass is 16.5. The molecule has 22 heavy (non-hydrogen) atoms. The van der Waals surface area contributed by atoms with E-state index < -0.39 is 0 Å². The molecule has 4 rings (SSSR count). The summed E-state index contributed by atoms with van der Waals surface area (Å²) in [7, 11) is 0. The van der Waals surface area contributed by atoms with E-state index in [2.05, 4.69) is 15.0 Å². The molecule has 4 nitrogen and oxygen atoms in total. The van der Waals surface area contributed by atoms with Crippen molar-refractivity contribution >= 4 is 29.0 Å². The van der Waals surface area contributed by atoms with Crippen molar-refractivity contribution < 1.29 is 4.74 Å². The standard InChI is InChI=1S/C18H13N3O/c1-4-9-16-13(6-1)12-19-18-14-7-2-3-8-15(14)20-17(21-18)10-5-11-22-16/h1-10,12H,11H2. The average molecular weight is 287 g/mol. The molecule has 2 heterocycles. The van der Waals surface area contributed by atoms with E-state index in [1.165, 1.54) is 0 Å². The monoisotopic (exact) mass is 287 g/mol. The summed E-state index contributed by atoms with van der Waals surface area (Å²) in [4.78, 5) is 13.6. The van der Waals surface area contributed by atoms with Crippen molar-refractivity contribution in [3.8, 4) is 5.75 Å². The zero-order valence-electron chi connectivity index (χ0n) is 11.8. The van der Waals surface area contributed by atoms with Gasteiger partial charge in [0, 0.05) is 17.2 Å². The Labute approximate surface area is 127 Å². The van der Waals surface area contributed by atoms with Gasteiger partial charge in [-0.1, -0.05) is 24.3 Å². The second kappa shape index (κ2) is 5.41. The lowest BCUT2D eigenvalue weighted by Gasteiger charge is -2.05. The second-order valence-electron chi connectivity index (χ2n) is 4.93. The molecule has 4 heteroatoms. The fourth-order valence-electron chi connectivity index (χ4n) is 2.39. The highest BCUT2D eigenvalue weighted by Crippen LogP contribution is 2.24. The zero-order valence-corrected chi connectivity index (χ0v) is 11.8. The third kappa shape index (κ3) is 2.35. The number of hydrogen-bond donors (Lipinski definition) is 0. The van der Waals surface area contributed by atoms with Crippen molar-refractivity contribution in [2.75, 3.05) is 6.61 Å². The molecule has 0 saturated heterocycles. The summed E-state index contributed by atoms with van der Waals surface area (Å²) in [5.74, 6) is 2.12. The van der Waals surface area contributed by atoms with Gasteiger partial charge in [-0.05, 0) is 36.4 Å². The van der Waals surface area contributed by atoms with Gasteiger partial charge in [-0.2, -0.15) is 0 Å². The van der Waals surface area contributed by atoms with Crippen LogP contribution in [-0.4, -0.2) is 22.8 Å². The van der Waals surface area contributed by atoms with Crippen LogP contribution in [0.3, 0.4) is 0 Å². The summed E-state index contributed by atoms with van der Waals surface area (Å²) in [5.41, 5.74) is 1.82. The van der Waals surface area contributed by atoms with Crippen molar-refractivity contribution in [1.82, 2.24) is 9.97 Å². The molecule has 106 valence electrons. The van der Waals surface area contributed by atoms with E-state index in [-0.39, 0.29) is 0 Å². The molecule has 1 aliphatic heterocycles. The van der Waals surface area contributed by atoms with Gasteiger partial charge < -0.3 is 4.74 Å². The van der Waals surface area contributed by atoms with Gasteiger partial charge in [0.2, 0.25) is 0 Å². The maximum absolute atomic E-state index is 5.76. The molecule has 3 aromatic rings. The Kier molecular flexibility index (Phi) is 3.12. The Balaban J connectivity index is 1.94. The first kappa shape index (κ1) is 12.7. The summed E-state index contributed by atoms with van der Waals surface area (Å²) >= 11 is 0. The molecule has 0 N–H and O–H groups in total. The quantitative estimate of drug-likeness (QED) is 0.632. The normalized spacial score (nSPS) is 13.3. The zero-order chi connectivity index (χ0) is 14.8. The highest BCUT2D eigenvalue weighted by Gasteiger charge is 2.06. The van der Waals surface area contributed by atoms with E-state index in [1.807, 2.05) is 60.7 Å². The first-order chi connectivity index (χ1) is 10.9. The summed E-state index contributed by atoms with van der Waals surface area (Å²) in [6.07, 6.45) is 5.56. The number of hydrogen-bond acceptors (Lipinski definition) is 4. The average Bonchev–Trinajstić information content (AvgIpc) is 2.59. The number of fused-ring (bicyclic) bond motifs is 5. The number of rotatable bonds is 0. The maximum Gasteiger partial charge on any atom is 0.163 e. The van der Waals surface area contributed by atoms with Crippen molar-refractivity contribution in [2.45, 2.75) is 0 Å². The fraction of sp³-hybridized carbons (Fsp3) is 0.0556. The molecular weight excluding hydrogens is 274 g/mol. The molecule has 1 aromatic heterocycles.